The van der Waals surface area contributed by atoms with Crippen molar-refractivity contribution in [3.63, 3.8) is 0 Å². The van der Waals surface area contributed by atoms with Crippen molar-refractivity contribution in [1.29, 1.82) is 0 Å². The summed E-state index contributed by atoms with van der Waals surface area (Å²) < 4.78 is 0. The fourth-order valence-electron chi connectivity index (χ4n) is 2.00. The van der Waals surface area contributed by atoms with E-state index in [1.807, 2.05) is 0 Å². The van der Waals surface area contributed by atoms with Crippen molar-refractivity contribution in [3.8, 4) is 0 Å². The highest BCUT2D eigenvalue weighted by atomic mass is 16.2. The van der Waals surface area contributed by atoms with E-state index in [1.54, 1.807) is 0 Å². The number of amides is 1. The standard InChI is InChI=1S/C13H18N2O/c1-10-2-4-11(5-3-10)13(6-7-13)12(16)15-9-8-14/h2-5H,6-9,14H2,1H3,(H,15,16). The van der Waals surface area contributed by atoms with E-state index in [-0.39, 0.29) is 11.3 Å². The molecule has 0 unspecified atom stereocenters. The second kappa shape index (κ2) is 4.26. The Morgan fingerprint density at radius 1 is 1.38 bits per heavy atom. The molecular weight excluding hydrogens is 200 g/mol. The van der Waals surface area contributed by atoms with E-state index in [0.29, 0.717) is 13.1 Å². The number of hydrogen-bond acceptors (Lipinski definition) is 2. The topological polar surface area (TPSA) is 55.1 Å². The van der Waals surface area contributed by atoms with Gasteiger partial charge in [0.05, 0.1) is 5.41 Å². The molecule has 1 aliphatic carbocycles. The van der Waals surface area contributed by atoms with E-state index in [4.69, 9.17) is 5.73 Å². The first-order valence-electron chi connectivity index (χ1n) is 5.74. The minimum absolute atomic E-state index is 0.127. The van der Waals surface area contributed by atoms with Gasteiger partial charge in [-0.25, -0.2) is 0 Å². The zero-order valence-electron chi connectivity index (χ0n) is 9.62. The van der Waals surface area contributed by atoms with Crippen LogP contribution >= 0.6 is 0 Å². The summed E-state index contributed by atoms with van der Waals surface area (Å²) in [4.78, 5) is 12.0. The maximum absolute atomic E-state index is 12.0. The lowest BCUT2D eigenvalue weighted by molar-refractivity contribution is -0.123. The minimum Gasteiger partial charge on any atom is -0.354 e. The van der Waals surface area contributed by atoms with Gasteiger partial charge in [-0.15, -0.1) is 0 Å². The van der Waals surface area contributed by atoms with Gasteiger partial charge in [0, 0.05) is 13.1 Å². The lowest BCUT2D eigenvalue weighted by Crippen LogP contribution is -2.37. The van der Waals surface area contributed by atoms with Crippen molar-refractivity contribution in [1.82, 2.24) is 5.32 Å². The van der Waals surface area contributed by atoms with Gasteiger partial charge in [-0.05, 0) is 25.3 Å². The van der Waals surface area contributed by atoms with Crippen LogP contribution in [0.5, 0.6) is 0 Å². The van der Waals surface area contributed by atoms with Crippen LogP contribution in [-0.2, 0) is 10.2 Å². The number of nitrogens with one attached hydrogen (secondary N) is 1. The highest BCUT2D eigenvalue weighted by molar-refractivity contribution is 5.91. The Kier molecular flexibility index (Phi) is 2.97. The third-order valence-electron chi connectivity index (χ3n) is 3.22. The second-order valence-corrected chi connectivity index (χ2v) is 4.49. The molecule has 0 heterocycles. The molecule has 0 aliphatic heterocycles. The van der Waals surface area contributed by atoms with Crippen LogP contribution in [0.4, 0.5) is 0 Å². The summed E-state index contributed by atoms with van der Waals surface area (Å²) in [6.07, 6.45) is 1.90. The van der Waals surface area contributed by atoms with E-state index in [9.17, 15) is 4.79 Å². The Bertz CT molecular complexity index is 379. The van der Waals surface area contributed by atoms with Crippen molar-refractivity contribution >= 4 is 5.91 Å². The van der Waals surface area contributed by atoms with Crippen molar-refractivity contribution in [2.24, 2.45) is 5.73 Å². The summed E-state index contributed by atoms with van der Waals surface area (Å²) >= 11 is 0. The van der Waals surface area contributed by atoms with Crippen molar-refractivity contribution < 1.29 is 4.79 Å². The van der Waals surface area contributed by atoms with E-state index in [2.05, 4.69) is 36.5 Å². The van der Waals surface area contributed by atoms with E-state index in [0.717, 1.165) is 18.4 Å². The van der Waals surface area contributed by atoms with E-state index < -0.39 is 0 Å². The number of aryl methyl sites for hydroxylation is 1. The summed E-state index contributed by atoms with van der Waals surface area (Å²) in [5.41, 5.74) is 7.48. The number of benzene rings is 1. The van der Waals surface area contributed by atoms with Gasteiger partial charge in [-0.2, -0.15) is 0 Å². The van der Waals surface area contributed by atoms with Gasteiger partial charge in [0.15, 0.2) is 0 Å². The molecule has 0 atom stereocenters. The fraction of sp³-hybridized carbons (Fsp3) is 0.462. The van der Waals surface area contributed by atoms with Gasteiger partial charge >= 0.3 is 0 Å². The van der Waals surface area contributed by atoms with Gasteiger partial charge in [0.25, 0.3) is 0 Å². The van der Waals surface area contributed by atoms with Crippen molar-refractivity contribution in [2.75, 3.05) is 13.1 Å². The third kappa shape index (κ3) is 1.95. The average molecular weight is 218 g/mol. The number of carbonyl (C=O) groups excluding carboxylic acids is 1. The Hall–Kier alpha value is -1.35. The van der Waals surface area contributed by atoms with Gasteiger partial charge in [0.2, 0.25) is 5.91 Å². The smallest absolute Gasteiger partial charge is 0.230 e. The lowest BCUT2D eigenvalue weighted by Gasteiger charge is -2.15. The molecule has 1 aromatic carbocycles. The summed E-state index contributed by atoms with van der Waals surface area (Å²) in [7, 11) is 0. The Labute approximate surface area is 96.0 Å². The van der Waals surface area contributed by atoms with Crippen LogP contribution in [0.25, 0.3) is 0 Å². The minimum atomic E-state index is -0.261. The molecule has 1 aromatic rings. The summed E-state index contributed by atoms with van der Waals surface area (Å²) in [6.45, 7) is 3.11. The molecule has 3 heteroatoms. The van der Waals surface area contributed by atoms with Crippen LogP contribution in [0, 0.1) is 6.92 Å². The number of hydrogen-bond donors (Lipinski definition) is 2. The first kappa shape index (κ1) is 11.1. The van der Waals surface area contributed by atoms with Crippen LogP contribution in [-0.4, -0.2) is 19.0 Å². The van der Waals surface area contributed by atoms with Gasteiger partial charge < -0.3 is 11.1 Å². The Morgan fingerprint density at radius 2 is 2.00 bits per heavy atom. The molecule has 0 bridgehead atoms. The quantitative estimate of drug-likeness (QED) is 0.795. The SMILES string of the molecule is Cc1ccc(C2(C(=O)NCCN)CC2)cc1. The molecule has 1 amide bonds. The van der Waals surface area contributed by atoms with E-state index in [1.165, 1.54) is 5.56 Å². The maximum atomic E-state index is 12.0. The van der Waals surface area contributed by atoms with Crippen molar-refractivity contribution in [3.05, 3.63) is 35.4 Å². The highest BCUT2D eigenvalue weighted by Crippen LogP contribution is 2.48. The first-order valence-corrected chi connectivity index (χ1v) is 5.74. The van der Waals surface area contributed by atoms with Gasteiger partial charge in [0.1, 0.15) is 0 Å². The summed E-state index contributed by atoms with van der Waals surface area (Å²) in [5, 5.41) is 2.88. The zero-order valence-corrected chi connectivity index (χ0v) is 9.62. The van der Waals surface area contributed by atoms with Crippen LogP contribution in [0.1, 0.15) is 24.0 Å². The summed E-state index contributed by atoms with van der Waals surface area (Å²) in [5.74, 6) is 0.127. The molecule has 3 nitrogen and oxygen atoms in total. The number of rotatable bonds is 4. The van der Waals surface area contributed by atoms with E-state index >= 15 is 0 Å². The molecule has 2 rings (SSSR count). The monoisotopic (exact) mass is 218 g/mol. The summed E-state index contributed by atoms with van der Waals surface area (Å²) in [6, 6.07) is 8.24. The molecule has 1 fully saturated rings. The average Bonchev–Trinajstić information content (AvgIpc) is 3.08. The van der Waals surface area contributed by atoms with Crippen LogP contribution in [0.2, 0.25) is 0 Å². The molecular formula is C13H18N2O. The second-order valence-electron chi connectivity index (χ2n) is 4.49. The van der Waals surface area contributed by atoms with Crippen LogP contribution in [0.3, 0.4) is 0 Å². The van der Waals surface area contributed by atoms with Gasteiger partial charge in [-0.3, -0.25) is 4.79 Å². The Balaban J connectivity index is 2.13. The van der Waals surface area contributed by atoms with Gasteiger partial charge in [-0.1, -0.05) is 29.8 Å². The predicted molar refractivity (Wildman–Crippen MR) is 64.2 cm³/mol. The normalized spacial score (nSPS) is 16.9. The zero-order chi connectivity index (χ0) is 11.6. The first-order chi connectivity index (χ1) is 7.69. The Morgan fingerprint density at radius 3 is 2.50 bits per heavy atom. The van der Waals surface area contributed by atoms with Crippen LogP contribution in [0.15, 0.2) is 24.3 Å². The molecule has 86 valence electrons. The molecule has 1 saturated carbocycles. The molecule has 0 aromatic heterocycles. The highest BCUT2D eigenvalue weighted by Gasteiger charge is 2.50. The molecule has 16 heavy (non-hydrogen) atoms. The number of carbonyl (C=O) groups is 1. The third-order valence-corrected chi connectivity index (χ3v) is 3.22. The molecule has 3 N–H and O–H groups in total. The maximum Gasteiger partial charge on any atom is 0.230 e. The molecule has 1 aliphatic rings. The number of nitrogens with two attached hydrogens (primary N) is 1. The lowest BCUT2D eigenvalue weighted by atomic mass is 9.94. The molecule has 0 spiro atoms. The van der Waals surface area contributed by atoms with Crippen LogP contribution < -0.4 is 11.1 Å². The predicted octanol–water partition coefficient (Wildman–Crippen LogP) is 1.10. The largest absolute Gasteiger partial charge is 0.354 e. The van der Waals surface area contributed by atoms with Crippen molar-refractivity contribution in [2.45, 2.75) is 25.2 Å². The molecule has 0 radical (unpaired) electrons. The molecule has 0 saturated heterocycles. The fourth-order valence-corrected chi connectivity index (χ4v) is 2.00.